The summed E-state index contributed by atoms with van der Waals surface area (Å²) in [7, 11) is 0. The molecule has 0 radical (unpaired) electrons. The summed E-state index contributed by atoms with van der Waals surface area (Å²) in [5.41, 5.74) is 8.56. The van der Waals surface area contributed by atoms with Crippen molar-refractivity contribution in [2.45, 2.75) is 6.54 Å². The smallest absolute Gasteiger partial charge is 0.0705 e. The molecule has 15 heavy (non-hydrogen) atoms. The van der Waals surface area contributed by atoms with Crippen LogP contribution in [0.2, 0.25) is 5.02 Å². The van der Waals surface area contributed by atoms with E-state index in [2.05, 4.69) is 4.98 Å². The molecule has 0 spiro atoms. The summed E-state index contributed by atoms with van der Waals surface area (Å²) in [6.07, 6.45) is 1.76. The largest absolute Gasteiger partial charge is 0.326 e. The van der Waals surface area contributed by atoms with E-state index in [1.54, 1.807) is 6.20 Å². The molecule has 2 aromatic rings. The minimum absolute atomic E-state index is 0.524. The van der Waals surface area contributed by atoms with Crippen LogP contribution in [0.3, 0.4) is 0 Å². The summed E-state index contributed by atoms with van der Waals surface area (Å²) in [6, 6.07) is 11.5. The zero-order valence-corrected chi connectivity index (χ0v) is 8.91. The minimum atomic E-state index is 0.524. The van der Waals surface area contributed by atoms with Crippen LogP contribution in [0.15, 0.2) is 42.6 Å². The van der Waals surface area contributed by atoms with Gasteiger partial charge in [-0.1, -0.05) is 23.7 Å². The second-order valence-corrected chi connectivity index (χ2v) is 3.70. The Morgan fingerprint density at radius 3 is 2.80 bits per heavy atom. The molecule has 1 aromatic heterocycles. The van der Waals surface area contributed by atoms with Gasteiger partial charge in [-0.3, -0.25) is 4.98 Å². The van der Waals surface area contributed by atoms with Crippen molar-refractivity contribution in [1.29, 1.82) is 0 Å². The summed E-state index contributed by atoms with van der Waals surface area (Å²) < 4.78 is 0. The van der Waals surface area contributed by atoms with Gasteiger partial charge >= 0.3 is 0 Å². The first-order valence-electron chi connectivity index (χ1n) is 4.70. The summed E-state index contributed by atoms with van der Waals surface area (Å²) in [4.78, 5) is 4.28. The molecule has 1 aromatic carbocycles. The molecule has 2 nitrogen and oxygen atoms in total. The average Bonchev–Trinajstić information content (AvgIpc) is 2.29. The Kier molecular flexibility index (Phi) is 2.99. The van der Waals surface area contributed by atoms with Crippen LogP contribution in [0.4, 0.5) is 0 Å². The molecule has 0 aliphatic heterocycles. The monoisotopic (exact) mass is 218 g/mol. The zero-order valence-electron chi connectivity index (χ0n) is 8.15. The fourth-order valence-electron chi connectivity index (χ4n) is 1.41. The number of nitrogens with two attached hydrogens (primary N) is 1. The molecular weight excluding hydrogens is 208 g/mol. The highest BCUT2D eigenvalue weighted by Crippen LogP contribution is 2.21. The highest BCUT2D eigenvalue weighted by atomic mass is 35.5. The molecule has 76 valence electrons. The number of hydrogen-bond acceptors (Lipinski definition) is 2. The normalized spacial score (nSPS) is 10.3. The molecular formula is C12H11ClN2. The lowest BCUT2D eigenvalue weighted by molar-refractivity contribution is 1.06. The van der Waals surface area contributed by atoms with E-state index < -0.39 is 0 Å². The Hall–Kier alpha value is -1.38. The van der Waals surface area contributed by atoms with Crippen molar-refractivity contribution in [3.05, 3.63) is 53.2 Å². The van der Waals surface area contributed by atoms with E-state index in [9.17, 15) is 0 Å². The molecule has 0 aliphatic rings. The van der Waals surface area contributed by atoms with Crippen LogP contribution in [0.5, 0.6) is 0 Å². The average molecular weight is 219 g/mol. The third-order valence-corrected chi connectivity index (χ3v) is 2.42. The Balaban J connectivity index is 2.44. The van der Waals surface area contributed by atoms with Crippen molar-refractivity contribution in [1.82, 2.24) is 4.98 Å². The molecule has 0 saturated carbocycles. The van der Waals surface area contributed by atoms with Crippen molar-refractivity contribution in [2.24, 2.45) is 5.73 Å². The van der Waals surface area contributed by atoms with Crippen LogP contribution in [-0.2, 0) is 6.54 Å². The summed E-state index contributed by atoms with van der Waals surface area (Å²) in [6.45, 7) is 0.524. The van der Waals surface area contributed by atoms with E-state index in [-0.39, 0.29) is 0 Å². The molecule has 0 bridgehead atoms. The first-order valence-corrected chi connectivity index (χ1v) is 5.08. The highest BCUT2D eigenvalue weighted by molar-refractivity contribution is 6.30. The lowest BCUT2D eigenvalue weighted by atomic mass is 10.1. The van der Waals surface area contributed by atoms with Gasteiger partial charge in [-0.2, -0.15) is 0 Å². The fraction of sp³-hybridized carbons (Fsp3) is 0.0833. The minimum Gasteiger partial charge on any atom is -0.326 e. The van der Waals surface area contributed by atoms with Crippen LogP contribution in [0, 0.1) is 0 Å². The lowest BCUT2D eigenvalue weighted by Gasteiger charge is -2.03. The number of pyridine rings is 1. The molecule has 3 heteroatoms. The van der Waals surface area contributed by atoms with Gasteiger partial charge in [0.15, 0.2) is 0 Å². The number of nitrogens with zero attached hydrogens (tertiary/aromatic N) is 1. The Labute approximate surface area is 93.7 Å². The fourth-order valence-corrected chi connectivity index (χ4v) is 1.60. The van der Waals surface area contributed by atoms with Gasteiger partial charge in [-0.25, -0.2) is 0 Å². The maximum Gasteiger partial charge on any atom is 0.0705 e. The van der Waals surface area contributed by atoms with E-state index in [4.69, 9.17) is 17.3 Å². The first kappa shape index (κ1) is 10.1. The molecule has 2 rings (SSSR count). The molecule has 0 amide bonds. The van der Waals surface area contributed by atoms with Crippen molar-refractivity contribution in [3.8, 4) is 11.3 Å². The van der Waals surface area contributed by atoms with E-state index in [0.717, 1.165) is 16.8 Å². The molecule has 1 heterocycles. The van der Waals surface area contributed by atoms with Gasteiger partial charge in [0.1, 0.15) is 0 Å². The number of halogens is 1. The van der Waals surface area contributed by atoms with Crippen molar-refractivity contribution < 1.29 is 0 Å². The van der Waals surface area contributed by atoms with Crippen molar-refractivity contribution in [3.63, 3.8) is 0 Å². The van der Waals surface area contributed by atoms with Crippen LogP contribution in [-0.4, -0.2) is 4.98 Å². The van der Waals surface area contributed by atoms with Crippen LogP contribution >= 0.6 is 11.6 Å². The molecule has 0 fully saturated rings. The number of rotatable bonds is 2. The highest BCUT2D eigenvalue weighted by Gasteiger charge is 2.00. The van der Waals surface area contributed by atoms with Crippen LogP contribution in [0.1, 0.15) is 5.56 Å². The van der Waals surface area contributed by atoms with Crippen molar-refractivity contribution >= 4 is 11.6 Å². The van der Waals surface area contributed by atoms with Crippen molar-refractivity contribution in [2.75, 3.05) is 0 Å². The standard InChI is InChI=1S/C12H11ClN2/c13-11-3-1-2-10(7-11)12-6-9(8-14)4-5-15-12/h1-7H,8,14H2. The summed E-state index contributed by atoms with van der Waals surface area (Å²) in [5, 5.41) is 0.715. The third-order valence-electron chi connectivity index (χ3n) is 2.18. The SMILES string of the molecule is NCc1ccnc(-c2cccc(Cl)c2)c1. The quantitative estimate of drug-likeness (QED) is 0.842. The molecule has 2 N–H and O–H groups in total. The van der Waals surface area contributed by atoms with Gasteiger partial charge in [0.25, 0.3) is 0 Å². The van der Waals surface area contributed by atoms with Gasteiger partial charge in [0, 0.05) is 23.3 Å². The molecule has 0 unspecified atom stereocenters. The summed E-state index contributed by atoms with van der Waals surface area (Å²) in [5.74, 6) is 0. The predicted octanol–water partition coefficient (Wildman–Crippen LogP) is 2.86. The zero-order chi connectivity index (χ0) is 10.7. The van der Waals surface area contributed by atoms with E-state index >= 15 is 0 Å². The molecule has 0 aliphatic carbocycles. The van der Waals surface area contributed by atoms with Gasteiger partial charge in [0.05, 0.1) is 5.69 Å². The maximum absolute atomic E-state index is 5.92. The Morgan fingerprint density at radius 1 is 1.20 bits per heavy atom. The number of aromatic nitrogens is 1. The molecule has 0 atom stereocenters. The number of benzene rings is 1. The third kappa shape index (κ3) is 2.35. The maximum atomic E-state index is 5.92. The van der Waals surface area contributed by atoms with Crippen LogP contribution < -0.4 is 5.73 Å². The van der Waals surface area contributed by atoms with E-state index in [1.807, 2.05) is 36.4 Å². The molecule has 0 saturated heterocycles. The second-order valence-electron chi connectivity index (χ2n) is 3.26. The predicted molar refractivity (Wildman–Crippen MR) is 62.6 cm³/mol. The van der Waals surface area contributed by atoms with Gasteiger partial charge in [-0.05, 0) is 29.8 Å². The van der Waals surface area contributed by atoms with E-state index in [0.29, 0.717) is 11.6 Å². The van der Waals surface area contributed by atoms with Gasteiger partial charge < -0.3 is 5.73 Å². The van der Waals surface area contributed by atoms with Gasteiger partial charge in [0.2, 0.25) is 0 Å². The van der Waals surface area contributed by atoms with Gasteiger partial charge in [-0.15, -0.1) is 0 Å². The second kappa shape index (κ2) is 4.43. The Morgan fingerprint density at radius 2 is 2.07 bits per heavy atom. The summed E-state index contributed by atoms with van der Waals surface area (Å²) >= 11 is 5.92. The van der Waals surface area contributed by atoms with E-state index in [1.165, 1.54) is 0 Å². The lowest BCUT2D eigenvalue weighted by Crippen LogP contribution is -1.96. The number of hydrogen-bond donors (Lipinski definition) is 1. The Bertz CT molecular complexity index is 469. The first-order chi connectivity index (χ1) is 7.29. The topological polar surface area (TPSA) is 38.9 Å². The van der Waals surface area contributed by atoms with Crippen LogP contribution in [0.25, 0.3) is 11.3 Å².